The summed E-state index contributed by atoms with van der Waals surface area (Å²) in [7, 11) is 0. The van der Waals surface area contributed by atoms with Gasteiger partial charge in [-0.3, -0.25) is 5.10 Å². The topological polar surface area (TPSA) is 41.6 Å². The van der Waals surface area contributed by atoms with Gasteiger partial charge in [-0.15, -0.1) is 0 Å². The van der Waals surface area contributed by atoms with Gasteiger partial charge < -0.3 is 0 Å². The maximum Gasteiger partial charge on any atom is 0.153 e. The second-order valence-corrected chi connectivity index (χ2v) is 5.48. The first-order chi connectivity index (χ1) is 7.86. The third kappa shape index (κ3) is 2.00. The fourth-order valence-corrected chi connectivity index (χ4v) is 2.84. The highest BCUT2D eigenvalue weighted by Crippen LogP contribution is 2.40. The van der Waals surface area contributed by atoms with E-state index < -0.39 is 0 Å². The molecule has 3 nitrogen and oxygen atoms in total. The van der Waals surface area contributed by atoms with Crippen molar-refractivity contribution in [3.05, 3.63) is 11.6 Å². The molecule has 0 spiro atoms. The number of nitrogens with one attached hydrogen (secondary N) is 1. The summed E-state index contributed by atoms with van der Waals surface area (Å²) >= 11 is 0. The minimum absolute atomic E-state index is 0.655. The summed E-state index contributed by atoms with van der Waals surface area (Å²) in [6, 6.07) is 0. The number of rotatable bonds is 3. The Balaban J connectivity index is 1.63. The summed E-state index contributed by atoms with van der Waals surface area (Å²) < 4.78 is 0. The molecule has 1 heterocycles. The van der Waals surface area contributed by atoms with Crippen LogP contribution in [-0.2, 0) is 0 Å². The van der Waals surface area contributed by atoms with Crippen molar-refractivity contribution in [2.24, 2.45) is 5.92 Å². The van der Waals surface area contributed by atoms with Crippen LogP contribution in [0.15, 0.2) is 0 Å². The SMILES string of the molecule is CCC1CCC(c2nc(C3CC3)n[nH]2)CC1. The van der Waals surface area contributed by atoms with Crippen LogP contribution in [-0.4, -0.2) is 15.2 Å². The number of hydrogen-bond acceptors (Lipinski definition) is 2. The maximum absolute atomic E-state index is 4.68. The molecule has 16 heavy (non-hydrogen) atoms. The van der Waals surface area contributed by atoms with Gasteiger partial charge in [0.05, 0.1) is 0 Å². The van der Waals surface area contributed by atoms with E-state index in [1.165, 1.54) is 44.9 Å². The normalized spacial score (nSPS) is 30.6. The molecule has 1 aromatic rings. The molecule has 88 valence electrons. The van der Waals surface area contributed by atoms with Crippen LogP contribution in [0.4, 0.5) is 0 Å². The number of nitrogens with zero attached hydrogens (tertiary/aromatic N) is 2. The lowest BCUT2D eigenvalue weighted by Crippen LogP contribution is -2.13. The summed E-state index contributed by atoms with van der Waals surface area (Å²) in [6.45, 7) is 2.31. The lowest BCUT2D eigenvalue weighted by molar-refractivity contribution is 0.312. The molecule has 2 aliphatic carbocycles. The molecule has 3 heteroatoms. The minimum Gasteiger partial charge on any atom is -0.263 e. The molecule has 0 bridgehead atoms. The molecule has 3 rings (SSSR count). The van der Waals surface area contributed by atoms with Gasteiger partial charge in [0.25, 0.3) is 0 Å². The van der Waals surface area contributed by atoms with Crippen molar-refractivity contribution >= 4 is 0 Å². The molecule has 0 unspecified atom stereocenters. The number of aromatic amines is 1. The molecule has 1 N–H and O–H groups in total. The predicted octanol–water partition coefficient (Wildman–Crippen LogP) is 3.37. The first-order valence-corrected chi connectivity index (χ1v) is 6.79. The van der Waals surface area contributed by atoms with Crippen LogP contribution in [0.25, 0.3) is 0 Å². The van der Waals surface area contributed by atoms with Crippen LogP contribution >= 0.6 is 0 Å². The highest BCUT2D eigenvalue weighted by Gasteiger charge is 2.30. The van der Waals surface area contributed by atoms with Gasteiger partial charge in [0.15, 0.2) is 5.82 Å². The molecule has 0 saturated heterocycles. The van der Waals surface area contributed by atoms with E-state index in [1.54, 1.807) is 0 Å². The van der Waals surface area contributed by atoms with Crippen LogP contribution in [0.1, 0.15) is 75.4 Å². The molecular formula is C13H21N3. The summed E-state index contributed by atoms with van der Waals surface area (Å²) in [5, 5.41) is 7.53. The maximum atomic E-state index is 4.68. The van der Waals surface area contributed by atoms with E-state index in [4.69, 9.17) is 0 Å². The summed E-state index contributed by atoms with van der Waals surface area (Å²) in [4.78, 5) is 4.68. The highest BCUT2D eigenvalue weighted by molar-refractivity contribution is 5.07. The van der Waals surface area contributed by atoms with Crippen molar-refractivity contribution in [2.45, 2.75) is 63.7 Å². The van der Waals surface area contributed by atoms with Crippen LogP contribution in [0.2, 0.25) is 0 Å². The third-order valence-electron chi connectivity index (χ3n) is 4.27. The monoisotopic (exact) mass is 219 g/mol. The molecule has 0 radical (unpaired) electrons. The van der Waals surface area contributed by atoms with Gasteiger partial charge in [-0.05, 0) is 44.4 Å². The van der Waals surface area contributed by atoms with E-state index >= 15 is 0 Å². The standard InChI is InChI=1S/C13H21N3/c1-2-9-3-5-10(6-4-9)12-14-13(16-15-12)11-7-8-11/h9-11H,2-8H2,1H3,(H,14,15,16). The Bertz CT molecular complexity index is 346. The lowest BCUT2D eigenvalue weighted by atomic mass is 9.80. The van der Waals surface area contributed by atoms with Crippen LogP contribution in [0, 0.1) is 5.92 Å². The van der Waals surface area contributed by atoms with E-state index in [-0.39, 0.29) is 0 Å². The Morgan fingerprint density at radius 1 is 1.06 bits per heavy atom. The number of hydrogen-bond donors (Lipinski definition) is 1. The van der Waals surface area contributed by atoms with E-state index in [0.717, 1.165) is 17.6 Å². The highest BCUT2D eigenvalue weighted by atomic mass is 15.2. The smallest absolute Gasteiger partial charge is 0.153 e. The van der Waals surface area contributed by atoms with Crippen molar-refractivity contribution in [1.82, 2.24) is 15.2 Å². The van der Waals surface area contributed by atoms with Crippen molar-refractivity contribution < 1.29 is 0 Å². The molecule has 2 aliphatic rings. The summed E-state index contributed by atoms with van der Waals surface area (Å²) in [5.41, 5.74) is 0. The van der Waals surface area contributed by atoms with Crippen LogP contribution in [0.3, 0.4) is 0 Å². The third-order valence-corrected chi connectivity index (χ3v) is 4.27. The van der Waals surface area contributed by atoms with Crippen molar-refractivity contribution in [1.29, 1.82) is 0 Å². The predicted molar refractivity (Wildman–Crippen MR) is 63.3 cm³/mol. The van der Waals surface area contributed by atoms with E-state index in [0.29, 0.717) is 11.8 Å². The second-order valence-electron chi connectivity index (χ2n) is 5.48. The average Bonchev–Trinajstić information content (AvgIpc) is 3.08. The quantitative estimate of drug-likeness (QED) is 0.846. The van der Waals surface area contributed by atoms with Crippen LogP contribution < -0.4 is 0 Å². The molecule has 2 fully saturated rings. The van der Waals surface area contributed by atoms with Gasteiger partial charge >= 0.3 is 0 Å². The minimum atomic E-state index is 0.655. The Kier molecular flexibility index (Phi) is 2.70. The largest absolute Gasteiger partial charge is 0.263 e. The van der Waals surface area contributed by atoms with E-state index in [2.05, 4.69) is 22.1 Å². The first kappa shape index (κ1) is 10.3. The summed E-state index contributed by atoms with van der Waals surface area (Å²) in [6.07, 6.45) is 9.28. The van der Waals surface area contributed by atoms with Crippen molar-refractivity contribution in [3.8, 4) is 0 Å². The van der Waals surface area contributed by atoms with Gasteiger partial charge in [0.1, 0.15) is 5.82 Å². The molecule has 0 aliphatic heterocycles. The van der Waals surface area contributed by atoms with Crippen LogP contribution in [0.5, 0.6) is 0 Å². The van der Waals surface area contributed by atoms with Crippen molar-refractivity contribution in [3.63, 3.8) is 0 Å². The number of aromatic nitrogens is 3. The number of H-pyrrole nitrogens is 1. The van der Waals surface area contributed by atoms with E-state index in [1.807, 2.05) is 0 Å². The second kappa shape index (κ2) is 4.19. The molecule has 0 amide bonds. The Morgan fingerprint density at radius 3 is 2.38 bits per heavy atom. The van der Waals surface area contributed by atoms with Gasteiger partial charge in [-0.25, -0.2) is 4.98 Å². The zero-order valence-corrected chi connectivity index (χ0v) is 10.1. The fraction of sp³-hybridized carbons (Fsp3) is 0.846. The van der Waals surface area contributed by atoms with Gasteiger partial charge in [0.2, 0.25) is 0 Å². The van der Waals surface area contributed by atoms with Crippen molar-refractivity contribution in [2.75, 3.05) is 0 Å². The zero-order valence-electron chi connectivity index (χ0n) is 10.1. The molecule has 2 saturated carbocycles. The molecule has 0 aromatic carbocycles. The van der Waals surface area contributed by atoms with Gasteiger partial charge in [-0.1, -0.05) is 13.3 Å². The van der Waals surface area contributed by atoms with Gasteiger partial charge in [0, 0.05) is 11.8 Å². The molecular weight excluding hydrogens is 198 g/mol. The zero-order chi connectivity index (χ0) is 11.0. The fourth-order valence-electron chi connectivity index (χ4n) is 2.84. The molecule has 1 aromatic heterocycles. The first-order valence-electron chi connectivity index (χ1n) is 6.79. The van der Waals surface area contributed by atoms with Gasteiger partial charge in [-0.2, -0.15) is 5.10 Å². The Hall–Kier alpha value is -0.860. The lowest BCUT2D eigenvalue weighted by Gasteiger charge is -2.26. The Labute approximate surface area is 97.1 Å². The summed E-state index contributed by atoms with van der Waals surface area (Å²) in [5.74, 6) is 4.53. The Morgan fingerprint density at radius 2 is 1.75 bits per heavy atom. The van der Waals surface area contributed by atoms with E-state index in [9.17, 15) is 0 Å². The molecule has 0 atom stereocenters. The average molecular weight is 219 g/mol.